The maximum atomic E-state index is 6.85. The average molecular weight is 813 g/mol. The maximum Gasteiger partial charge on any atom is 0.499 e. The molecule has 0 atom stereocenters. The van der Waals surface area contributed by atoms with Crippen molar-refractivity contribution in [3.8, 4) is 22.3 Å². The minimum absolute atomic E-state index is 0.0589. The van der Waals surface area contributed by atoms with Gasteiger partial charge in [-0.15, -0.1) is 0 Å². The molecule has 61 heavy (non-hydrogen) atoms. The van der Waals surface area contributed by atoms with Gasteiger partial charge < -0.3 is 19.3 Å². The first kappa shape index (κ1) is 42.7. The predicted molar refractivity (Wildman–Crippen MR) is 260 cm³/mol. The summed E-state index contributed by atoms with van der Waals surface area (Å²) < 4.78 is 13.7. The molecule has 1 fully saturated rings. The van der Waals surface area contributed by atoms with Gasteiger partial charge in [0, 0.05) is 38.7 Å². The lowest BCUT2D eigenvalue weighted by Crippen LogP contribution is -2.41. The number of aromatic amines is 2. The number of nitrogens with one attached hydrogen (secondary N) is 2. The number of H-pyrrole nitrogens is 2. The normalized spacial score (nSPS) is 16.5. The van der Waals surface area contributed by atoms with Crippen LogP contribution in [0.2, 0.25) is 0 Å². The fourth-order valence-corrected chi connectivity index (χ4v) is 8.25. The Morgan fingerprint density at radius 2 is 0.770 bits per heavy atom. The van der Waals surface area contributed by atoms with Crippen molar-refractivity contribution in [2.45, 2.75) is 144 Å². The molecule has 0 saturated carbocycles. The first-order valence-corrected chi connectivity index (χ1v) is 22.0. The van der Waals surface area contributed by atoms with E-state index >= 15 is 0 Å². The van der Waals surface area contributed by atoms with Crippen molar-refractivity contribution in [3.63, 3.8) is 0 Å². The van der Waals surface area contributed by atoms with Crippen LogP contribution in [0.4, 0.5) is 0 Å². The maximum absolute atomic E-state index is 6.85. The Morgan fingerprint density at radius 3 is 1.10 bits per heavy atom. The summed E-state index contributed by atoms with van der Waals surface area (Å²) in [5, 5.41) is 0. The molecule has 2 N–H and O–H groups in total. The summed E-state index contributed by atoms with van der Waals surface area (Å²) in [6.45, 7) is 35.8. The van der Waals surface area contributed by atoms with Crippen LogP contribution in [0.15, 0.2) is 66.7 Å². The van der Waals surface area contributed by atoms with Crippen LogP contribution in [0, 0.1) is 0 Å². The van der Waals surface area contributed by atoms with E-state index in [1.807, 2.05) is 0 Å². The smallest absolute Gasteiger partial charge is 0.399 e. The van der Waals surface area contributed by atoms with E-state index in [1.54, 1.807) is 0 Å². The van der Waals surface area contributed by atoms with E-state index in [9.17, 15) is 0 Å². The Kier molecular flexibility index (Phi) is 10.0. The second kappa shape index (κ2) is 14.3. The van der Waals surface area contributed by atoms with Crippen molar-refractivity contribution < 1.29 is 9.31 Å². The second-order valence-corrected chi connectivity index (χ2v) is 22.6. The first-order valence-electron chi connectivity index (χ1n) is 22.0. The van der Waals surface area contributed by atoms with Gasteiger partial charge in [0.2, 0.25) is 0 Å². The van der Waals surface area contributed by atoms with E-state index < -0.39 is 18.3 Å². The van der Waals surface area contributed by atoms with Crippen molar-refractivity contribution in [3.05, 3.63) is 112 Å². The summed E-state index contributed by atoms with van der Waals surface area (Å²) in [4.78, 5) is 18.7. The summed E-state index contributed by atoms with van der Waals surface area (Å²) in [7, 11) is -0.696. The number of hydrogen-bond acceptors (Lipinski definition) is 4. The summed E-state index contributed by atoms with van der Waals surface area (Å²) in [6.07, 6.45) is 8.51. The molecule has 0 radical (unpaired) electrons. The number of hydrogen-bond donors (Lipinski definition) is 2. The SMILES string of the molecule is CC(C)(C)c1cc(-c2c3nc(c(B4OC(C)(C)C(C)(C)O4)c4nc(c(-c5cc(C(C)(C)C)cc(C(C)(C)C)c5)c5ccc(cc6ccc2[nH]6)[nH]5)C=C4)C=C3)cc(C(C)(C)C)c1. The Morgan fingerprint density at radius 1 is 0.443 bits per heavy atom. The molecule has 0 unspecified atom stereocenters. The molecule has 3 aromatic heterocycles. The van der Waals surface area contributed by atoms with Crippen molar-refractivity contribution >= 4 is 59.0 Å². The molecular weight excluding hydrogens is 747 g/mol. The molecule has 1 saturated heterocycles. The molecule has 3 aliphatic rings. The van der Waals surface area contributed by atoms with Crippen LogP contribution in [0.25, 0.3) is 68.6 Å². The van der Waals surface area contributed by atoms with Crippen LogP contribution >= 0.6 is 0 Å². The van der Waals surface area contributed by atoms with Crippen molar-refractivity contribution in [1.82, 2.24) is 19.9 Å². The van der Waals surface area contributed by atoms with Crippen LogP contribution in [0.3, 0.4) is 0 Å². The summed E-state index contributed by atoms with van der Waals surface area (Å²) in [6, 6.07) is 25.0. The zero-order valence-electron chi connectivity index (χ0n) is 39.4. The summed E-state index contributed by atoms with van der Waals surface area (Å²) in [5.74, 6) is 0. The monoisotopic (exact) mass is 813 g/mol. The van der Waals surface area contributed by atoms with E-state index in [4.69, 9.17) is 19.3 Å². The van der Waals surface area contributed by atoms with Gasteiger partial charge >= 0.3 is 7.12 Å². The number of fused-ring (bicyclic) bond motifs is 8. The highest BCUT2D eigenvalue weighted by atomic mass is 16.7. The highest BCUT2D eigenvalue weighted by molar-refractivity contribution is 6.64. The summed E-state index contributed by atoms with van der Waals surface area (Å²) in [5.41, 5.74) is 16.2. The molecule has 316 valence electrons. The standard InChI is InChI=1S/C54H65BN4O2/c1-49(2,3)34-25-32(26-35(29-34)50(4,5)6)46-40-19-17-38(56-40)31-39-18-20-41(57-39)47(33-27-36(51(7,8)9)30-37(28-33)52(10,11)12)43-22-24-45(59-43)48(44-23-21-42(46)58-44)55-60-53(13,14)54(15,16)61-55/h17-31,56-57H,1-16H3. The van der Waals surface area contributed by atoms with Crippen LogP contribution in [-0.4, -0.2) is 38.3 Å². The van der Waals surface area contributed by atoms with E-state index in [1.165, 1.54) is 22.3 Å². The van der Waals surface area contributed by atoms with Gasteiger partial charge in [0.05, 0.1) is 34.0 Å². The number of rotatable bonds is 3. The van der Waals surface area contributed by atoms with Crippen LogP contribution in [0.5, 0.6) is 0 Å². The molecule has 5 aromatic rings. The van der Waals surface area contributed by atoms with E-state index in [0.717, 1.165) is 72.6 Å². The third kappa shape index (κ3) is 8.12. The second-order valence-electron chi connectivity index (χ2n) is 22.6. The van der Waals surface area contributed by atoms with Gasteiger partial charge in [-0.05, 0) is 137 Å². The number of nitrogens with zero attached hydrogens (tertiary/aromatic N) is 2. The number of benzene rings is 2. The zero-order valence-corrected chi connectivity index (χ0v) is 39.4. The Balaban J connectivity index is 1.51. The Bertz CT molecular complexity index is 2550. The van der Waals surface area contributed by atoms with Crippen molar-refractivity contribution in [2.75, 3.05) is 0 Å². The van der Waals surface area contributed by atoms with E-state index in [-0.39, 0.29) is 21.7 Å². The van der Waals surface area contributed by atoms with Crippen LogP contribution in [0.1, 0.15) is 156 Å². The quantitative estimate of drug-likeness (QED) is 0.174. The molecule has 6 heterocycles. The lowest BCUT2D eigenvalue weighted by atomic mass is 9.76. The molecule has 2 aromatic carbocycles. The molecule has 8 rings (SSSR count). The first-order chi connectivity index (χ1) is 28.2. The third-order valence-corrected chi connectivity index (χ3v) is 13.0. The fourth-order valence-electron chi connectivity index (χ4n) is 8.25. The minimum atomic E-state index is -0.696. The zero-order chi connectivity index (χ0) is 44.2. The van der Waals surface area contributed by atoms with Crippen LogP contribution < -0.4 is 5.46 Å². The van der Waals surface area contributed by atoms with Gasteiger partial charge in [-0.25, -0.2) is 9.97 Å². The average Bonchev–Trinajstić information content (AvgIpc) is 3.98. The van der Waals surface area contributed by atoms with Crippen molar-refractivity contribution in [1.29, 1.82) is 0 Å². The highest BCUT2D eigenvalue weighted by Crippen LogP contribution is 2.41. The molecule has 7 heteroatoms. The molecule has 3 aliphatic heterocycles. The van der Waals surface area contributed by atoms with Gasteiger partial charge in [0.15, 0.2) is 0 Å². The topological polar surface area (TPSA) is 75.8 Å². The lowest BCUT2D eigenvalue weighted by molar-refractivity contribution is 0.00578. The van der Waals surface area contributed by atoms with E-state index in [2.05, 4.69) is 212 Å². The minimum Gasteiger partial charge on any atom is -0.399 e. The summed E-state index contributed by atoms with van der Waals surface area (Å²) >= 11 is 0. The third-order valence-electron chi connectivity index (χ3n) is 13.0. The molecular formula is C54H65BN4O2. The highest BCUT2D eigenvalue weighted by Gasteiger charge is 2.53. The van der Waals surface area contributed by atoms with Gasteiger partial charge in [-0.3, -0.25) is 0 Å². The molecule has 0 spiro atoms. The van der Waals surface area contributed by atoms with E-state index in [0.29, 0.717) is 0 Å². The largest absolute Gasteiger partial charge is 0.499 e. The molecule has 8 bridgehead atoms. The Labute approximate surface area is 364 Å². The molecule has 6 nitrogen and oxygen atoms in total. The Hall–Kier alpha value is -4.98. The predicted octanol–water partition coefficient (Wildman–Crippen LogP) is 13.5. The fraction of sp³-hybridized carbons (Fsp3) is 0.407. The van der Waals surface area contributed by atoms with Gasteiger partial charge in [-0.1, -0.05) is 119 Å². The van der Waals surface area contributed by atoms with Gasteiger partial charge in [-0.2, -0.15) is 0 Å². The lowest BCUT2D eigenvalue weighted by Gasteiger charge is -2.32. The van der Waals surface area contributed by atoms with Gasteiger partial charge in [0.1, 0.15) is 0 Å². The van der Waals surface area contributed by atoms with Gasteiger partial charge in [0.25, 0.3) is 0 Å². The van der Waals surface area contributed by atoms with Crippen LogP contribution in [-0.2, 0) is 31.0 Å². The van der Waals surface area contributed by atoms with Crippen molar-refractivity contribution in [2.24, 2.45) is 0 Å². The number of aromatic nitrogens is 4. The molecule has 0 aliphatic carbocycles. The molecule has 0 amide bonds.